The molecule has 0 aliphatic carbocycles. The number of quaternary nitrogens is 1. The van der Waals surface area contributed by atoms with Gasteiger partial charge in [0.25, 0.3) is 0 Å². The van der Waals surface area contributed by atoms with E-state index in [1.807, 2.05) is 21.1 Å². The number of aliphatic hydroxyl groups excluding tert-OH is 1. The summed E-state index contributed by atoms with van der Waals surface area (Å²) in [5.41, 5.74) is 0. The number of rotatable bonds is 4. The summed E-state index contributed by atoms with van der Waals surface area (Å²) in [6.45, 7) is 0.465. The van der Waals surface area contributed by atoms with Crippen molar-refractivity contribution in [2.75, 3.05) is 27.7 Å². The smallest absolute Gasteiger partial charge is 0.481 e. The maximum absolute atomic E-state index is 10.1. The quantitative estimate of drug-likeness (QED) is 0.461. The molecule has 0 aromatic rings. The molecule has 2 N–H and O–H groups in total. The molecule has 0 radical (unpaired) electrons. The van der Waals surface area contributed by atoms with Crippen LogP contribution in [0.5, 0.6) is 0 Å². The van der Waals surface area contributed by atoms with Crippen molar-refractivity contribution in [3.05, 3.63) is 0 Å². The molecule has 0 spiro atoms. The van der Waals surface area contributed by atoms with Crippen LogP contribution >= 0.6 is 0 Å². The van der Waals surface area contributed by atoms with Crippen LogP contribution in [0.3, 0.4) is 0 Å². The van der Waals surface area contributed by atoms with Crippen molar-refractivity contribution in [3.63, 3.8) is 0 Å². The van der Waals surface area contributed by atoms with E-state index in [0.29, 0.717) is 11.0 Å². The summed E-state index contributed by atoms with van der Waals surface area (Å²) in [5, 5.41) is 17.5. The third-order valence-electron chi connectivity index (χ3n) is 1.17. The molecular weight excluding hydrogens is 186 g/mol. The zero-order chi connectivity index (χ0) is 9.07. The first-order valence-electron chi connectivity index (χ1n) is 3.51. The van der Waals surface area contributed by atoms with Crippen molar-refractivity contribution < 1.29 is 19.5 Å². The molecule has 66 valence electrons. The van der Waals surface area contributed by atoms with E-state index < -0.39 is 12.1 Å². The average Bonchev–Trinajstić information content (AvgIpc) is 1.53. The van der Waals surface area contributed by atoms with Gasteiger partial charge in [0.05, 0.1) is 27.6 Å². The first kappa shape index (κ1) is 15.1. The summed E-state index contributed by atoms with van der Waals surface area (Å²) in [7, 11) is 5.72. The van der Waals surface area contributed by atoms with Crippen LogP contribution in [0, 0.1) is 0 Å². The van der Waals surface area contributed by atoms with Gasteiger partial charge >= 0.3 is 43.7 Å². The summed E-state index contributed by atoms with van der Waals surface area (Å²) >= 11 is 0. The minimum Gasteiger partial charge on any atom is -0.481 e. The molecule has 5 heteroatoms. The second-order valence-electron chi connectivity index (χ2n) is 3.72. The Morgan fingerprint density at radius 1 is 1.42 bits per heavy atom. The molecule has 0 aromatic heterocycles. The molecule has 0 aromatic carbocycles. The molecule has 0 bridgehead atoms. The number of carboxylic acids is 1. The molecule has 12 heavy (non-hydrogen) atoms. The topological polar surface area (TPSA) is 57.5 Å². The first-order valence-corrected chi connectivity index (χ1v) is 3.51. The normalized spacial score (nSPS) is 13.3. The van der Waals surface area contributed by atoms with Crippen molar-refractivity contribution in [3.8, 4) is 0 Å². The Bertz CT molecular complexity index is 144. The summed E-state index contributed by atoms with van der Waals surface area (Å²) in [4.78, 5) is 10.1. The van der Waals surface area contributed by atoms with Crippen LogP contribution in [-0.4, -0.2) is 92.2 Å². The predicted octanol–water partition coefficient (Wildman–Crippen LogP) is -0.853. The van der Waals surface area contributed by atoms with E-state index in [9.17, 15) is 4.79 Å². The molecule has 0 aliphatic rings. The standard InChI is InChI=1S/C7H15NO3.Ca/c1-8(2,3)5-6(9)4-7(10)11;/h6,9H,4-5H2,1-3H3;/q;+2/p+1. The monoisotopic (exact) mass is 202 g/mol. The van der Waals surface area contributed by atoms with Crippen LogP contribution in [0.15, 0.2) is 0 Å². The second kappa shape index (κ2) is 6.16. The molecule has 1 atom stereocenters. The zero-order valence-corrected chi connectivity index (χ0v) is 10.2. The molecule has 0 heterocycles. The summed E-state index contributed by atoms with van der Waals surface area (Å²) in [5.74, 6) is -0.953. The summed E-state index contributed by atoms with van der Waals surface area (Å²) in [6.07, 6.45) is -0.914. The van der Waals surface area contributed by atoms with Crippen molar-refractivity contribution in [1.82, 2.24) is 0 Å². The Labute approximate surface area is 103 Å². The number of likely N-dealkylation sites (N-methyl/N-ethyl adjacent to an activating group) is 1. The van der Waals surface area contributed by atoms with Crippen LogP contribution in [0.4, 0.5) is 0 Å². The number of aliphatic carboxylic acids is 1. The van der Waals surface area contributed by atoms with E-state index in [-0.39, 0.29) is 44.2 Å². The van der Waals surface area contributed by atoms with E-state index in [1.54, 1.807) is 0 Å². The van der Waals surface area contributed by atoms with Gasteiger partial charge in [-0.3, -0.25) is 4.79 Å². The Morgan fingerprint density at radius 3 is 2.08 bits per heavy atom. The fraction of sp³-hybridized carbons (Fsp3) is 0.857. The third kappa shape index (κ3) is 10.6. The van der Waals surface area contributed by atoms with E-state index in [4.69, 9.17) is 10.2 Å². The second-order valence-corrected chi connectivity index (χ2v) is 3.72. The van der Waals surface area contributed by atoms with Gasteiger partial charge in [-0.1, -0.05) is 0 Å². The van der Waals surface area contributed by atoms with Crippen molar-refractivity contribution >= 4 is 43.7 Å². The number of nitrogens with zero attached hydrogens (tertiary/aromatic N) is 1. The van der Waals surface area contributed by atoms with Crippen molar-refractivity contribution in [1.29, 1.82) is 0 Å². The maximum atomic E-state index is 10.1. The largest absolute Gasteiger partial charge is 2.00 e. The van der Waals surface area contributed by atoms with E-state index in [1.165, 1.54) is 0 Å². The van der Waals surface area contributed by atoms with E-state index >= 15 is 0 Å². The predicted molar refractivity (Wildman–Crippen MR) is 46.9 cm³/mol. The van der Waals surface area contributed by atoms with Gasteiger partial charge in [-0.2, -0.15) is 0 Å². The van der Waals surface area contributed by atoms with Gasteiger partial charge in [-0.25, -0.2) is 0 Å². The Morgan fingerprint density at radius 2 is 1.83 bits per heavy atom. The van der Waals surface area contributed by atoms with Crippen LogP contribution in [0.2, 0.25) is 0 Å². The van der Waals surface area contributed by atoms with Crippen molar-refractivity contribution in [2.24, 2.45) is 0 Å². The van der Waals surface area contributed by atoms with Gasteiger partial charge in [0.15, 0.2) is 0 Å². The number of aliphatic hydroxyl groups is 1. The number of carboxylic acid groups (broad SMARTS) is 1. The molecule has 0 fully saturated rings. The molecular formula is C7H16CaNO3+3. The number of hydrogen-bond donors (Lipinski definition) is 2. The third-order valence-corrected chi connectivity index (χ3v) is 1.17. The van der Waals surface area contributed by atoms with Crippen LogP contribution in [0.1, 0.15) is 6.42 Å². The molecule has 4 nitrogen and oxygen atoms in total. The van der Waals surface area contributed by atoms with E-state index in [2.05, 4.69) is 0 Å². The fourth-order valence-electron chi connectivity index (χ4n) is 0.898. The van der Waals surface area contributed by atoms with E-state index in [0.717, 1.165) is 0 Å². The molecule has 0 saturated carbocycles. The van der Waals surface area contributed by atoms with Gasteiger partial charge in [0.2, 0.25) is 0 Å². The summed E-state index contributed by atoms with van der Waals surface area (Å²) in [6, 6.07) is 0. The minimum atomic E-state index is -0.953. The average molecular weight is 202 g/mol. The molecule has 0 amide bonds. The SMILES string of the molecule is C[N+](C)(C)CC(O)CC(=O)O.[Ca+2]. The zero-order valence-electron chi connectivity index (χ0n) is 7.95. The van der Waals surface area contributed by atoms with Crippen LogP contribution in [-0.2, 0) is 4.79 Å². The maximum Gasteiger partial charge on any atom is 2.00 e. The van der Waals surface area contributed by atoms with Crippen molar-refractivity contribution in [2.45, 2.75) is 12.5 Å². The molecule has 0 saturated heterocycles. The Hall–Kier alpha value is 0.650. The van der Waals surface area contributed by atoms with Gasteiger partial charge in [-0.05, 0) is 0 Å². The van der Waals surface area contributed by atoms with Crippen LogP contribution in [0.25, 0.3) is 0 Å². The van der Waals surface area contributed by atoms with Gasteiger partial charge in [-0.15, -0.1) is 0 Å². The number of hydrogen-bond acceptors (Lipinski definition) is 2. The molecule has 1 unspecified atom stereocenters. The minimum absolute atomic E-state index is 0. The fourth-order valence-corrected chi connectivity index (χ4v) is 0.898. The van der Waals surface area contributed by atoms with Gasteiger partial charge < -0.3 is 14.7 Å². The van der Waals surface area contributed by atoms with Crippen LogP contribution < -0.4 is 0 Å². The Balaban J connectivity index is 0. The molecule has 0 rings (SSSR count). The van der Waals surface area contributed by atoms with Gasteiger partial charge in [0, 0.05) is 0 Å². The first-order chi connectivity index (χ1) is 4.81. The molecule has 0 aliphatic heterocycles. The Kier molecular flexibility index (Phi) is 7.77. The van der Waals surface area contributed by atoms with Gasteiger partial charge in [0.1, 0.15) is 12.6 Å². The summed E-state index contributed by atoms with van der Waals surface area (Å²) < 4.78 is 0.578. The number of carbonyl (C=O) groups is 1.